The molecule has 0 aromatic heterocycles. The fourth-order valence-electron chi connectivity index (χ4n) is 0.890. The Bertz CT molecular complexity index is 333. The van der Waals surface area contributed by atoms with Crippen LogP contribution in [0.1, 0.15) is 0 Å². The molecule has 0 saturated carbocycles. The van der Waals surface area contributed by atoms with Crippen LogP contribution in [0.25, 0.3) is 0 Å². The highest BCUT2D eigenvalue weighted by atomic mass is 32.2. The molecule has 0 aliphatic heterocycles. The Morgan fingerprint density at radius 2 is 1.71 bits per heavy atom. The molecule has 0 saturated heterocycles. The summed E-state index contributed by atoms with van der Waals surface area (Å²) >= 11 is 0. The van der Waals surface area contributed by atoms with Gasteiger partial charge in [-0.3, -0.25) is 4.55 Å². The number of rotatable bonds is 8. The van der Waals surface area contributed by atoms with Gasteiger partial charge < -0.3 is 25.2 Å². The van der Waals surface area contributed by atoms with Gasteiger partial charge in [0.1, 0.15) is 30.6 Å². The van der Waals surface area contributed by atoms with Crippen LogP contribution in [0.2, 0.25) is 0 Å². The van der Waals surface area contributed by atoms with Crippen molar-refractivity contribution in [3.63, 3.8) is 0 Å². The Balaban J connectivity index is 4.50. The summed E-state index contributed by atoms with van der Waals surface area (Å²) in [5.74, 6) is 0. The third-order valence-electron chi connectivity index (χ3n) is 1.80. The van der Waals surface area contributed by atoms with Crippen LogP contribution in [-0.2, 0) is 15.1 Å². The van der Waals surface area contributed by atoms with Crippen molar-refractivity contribution in [2.75, 3.05) is 6.61 Å². The third kappa shape index (κ3) is 5.99. The number of nitrogens with one attached hydrogen (secondary N) is 2. The van der Waals surface area contributed by atoms with E-state index >= 15 is 0 Å². The third-order valence-corrected chi connectivity index (χ3v) is 2.18. The standard InChI is InChI=1S/C6H14N2O8S/c9-1-3(7-8-17(14,15)16)5(12)6(13)4(11)2-10/h1,3-8,10-13H,2H2,(H,14,15,16)/t3-,4+,5+,6+/m0/s1. The van der Waals surface area contributed by atoms with Gasteiger partial charge in [0, 0.05) is 0 Å². The van der Waals surface area contributed by atoms with Crippen LogP contribution in [-0.4, -0.2) is 70.6 Å². The molecule has 0 unspecified atom stereocenters. The van der Waals surface area contributed by atoms with Crippen LogP contribution in [0.15, 0.2) is 0 Å². The number of hydrogen-bond acceptors (Lipinski definition) is 8. The molecule has 4 atom stereocenters. The van der Waals surface area contributed by atoms with Crippen molar-refractivity contribution >= 4 is 16.6 Å². The summed E-state index contributed by atoms with van der Waals surface area (Å²) in [6, 6.07) is -1.63. The highest BCUT2D eigenvalue weighted by Crippen LogP contribution is 2.03. The number of carbonyl (C=O) groups excluding carboxylic acids is 1. The molecule has 10 nitrogen and oxygen atoms in total. The molecule has 0 amide bonds. The highest BCUT2D eigenvalue weighted by Gasteiger charge is 2.31. The summed E-state index contributed by atoms with van der Waals surface area (Å²) in [6.07, 6.45) is -5.45. The van der Waals surface area contributed by atoms with E-state index in [1.54, 1.807) is 5.43 Å². The minimum absolute atomic E-state index is 0.0379. The van der Waals surface area contributed by atoms with Crippen LogP contribution in [0.4, 0.5) is 0 Å². The number of carbonyl (C=O) groups is 1. The van der Waals surface area contributed by atoms with E-state index < -0.39 is 41.3 Å². The Kier molecular flexibility index (Phi) is 6.66. The summed E-state index contributed by atoms with van der Waals surface area (Å²) < 4.78 is 28.8. The zero-order chi connectivity index (χ0) is 13.6. The van der Waals surface area contributed by atoms with Gasteiger partial charge in [-0.05, 0) is 0 Å². The molecule has 102 valence electrons. The molecule has 0 spiro atoms. The molecule has 0 radical (unpaired) electrons. The molecule has 0 heterocycles. The molecule has 17 heavy (non-hydrogen) atoms. The van der Waals surface area contributed by atoms with E-state index in [2.05, 4.69) is 0 Å². The first-order chi connectivity index (χ1) is 7.72. The van der Waals surface area contributed by atoms with Gasteiger partial charge in [0.05, 0.1) is 6.61 Å². The van der Waals surface area contributed by atoms with Crippen molar-refractivity contribution in [2.45, 2.75) is 24.4 Å². The van der Waals surface area contributed by atoms with E-state index in [0.717, 1.165) is 0 Å². The first-order valence-corrected chi connectivity index (χ1v) is 5.77. The van der Waals surface area contributed by atoms with Crippen molar-refractivity contribution < 1.29 is 38.2 Å². The van der Waals surface area contributed by atoms with Crippen LogP contribution in [0, 0.1) is 0 Å². The lowest BCUT2D eigenvalue weighted by atomic mass is 10.0. The molecule has 0 fully saturated rings. The average Bonchev–Trinajstić information content (AvgIpc) is 2.25. The monoisotopic (exact) mass is 274 g/mol. The lowest BCUT2D eigenvalue weighted by Crippen LogP contribution is -2.56. The lowest BCUT2D eigenvalue weighted by Gasteiger charge is -2.25. The van der Waals surface area contributed by atoms with Gasteiger partial charge >= 0.3 is 10.3 Å². The van der Waals surface area contributed by atoms with Gasteiger partial charge in [-0.1, -0.05) is 0 Å². The second-order valence-corrected chi connectivity index (χ2v) is 4.27. The predicted octanol–water partition coefficient (Wildman–Crippen LogP) is -4.47. The Morgan fingerprint density at radius 3 is 2.06 bits per heavy atom. The summed E-state index contributed by atoms with van der Waals surface area (Å²) in [7, 11) is -4.64. The van der Waals surface area contributed by atoms with E-state index in [4.69, 9.17) is 14.8 Å². The quantitative estimate of drug-likeness (QED) is 0.131. The van der Waals surface area contributed by atoms with Gasteiger partial charge in [-0.15, -0.1) is 4.83 Å². The van der Waals surface area contributed by atoms with Gasteiger partial charge in [-0.25, -0.2) is 5.43 Å². The van der Waals surface area contributed by atoms with Gasteiger partial charge in [0.2, 0.25) is 0 Å². The molecule has 0 aromatic carbocycles. The number of aliphatic hydroxyl groups excluding tert-OH is 4. The fraction of sp³-hybridized carbons (Fsp3) is 0.833. The SMILES string of the molecule is O=C[C@H](NNS(=O)(=O)O)[C@@H](O)[C@H](O)[C@H](O)CO. The van der Waals surface area contributed by atoms with Crippen LogP contribution < -0.4 is 10.3 Å². The predicted molar refractivity (Wildman–Crippen MR) is 52.8 cm³/mol. The summed E-state index contributed by atoms with van der Waals surface area (Å²) in [6.45, 7) is -0.866. The van der Waals surface area contributed by atoms with Crippen LogP contribution in [0.5, 0.6) is 0 Å². The van der Waals surface area contributed by atoms with Crippen molar-refractivity contribution in [1.29, 1.82) is 0 Å². The maximum atomic E-state index is 10.5. The number of hydrogen-bond donors (Lipinski definition) is 7. The molecule has 0 aromatic rings. The first kappa shape index (κ1) is 16.3. The second-order valence-electron chi connectivity index (χ2n) is 3.11. The van der Waals surface area contributed by atoms with Crippen molar-refractivity contribution in [1.82, 2.24) is 10.3 Å². The molecule has 7 N–H and O–H groups in total. The zero-order valence-electron chi connectivity index (χ0n) is 8.46. The Hall–Kier alpha value is -0.660. The smallest absolute Gasteiger partial charge is 0.346 e. The first-order valence-electron chi connectivity index (χ1n) is 4.33. The molecule has 0 aliphatic carbocycles. The minimum atomic E-state index is -4.64. The zero-order valence-corrected chi connectivity index (χ0v) is 9.28. The van der Waals surface area contributed by atoms with Gasteiger partial charge in [0.15, 0.2) is 0 Å². The highest BCUT2D eigenvalue weighted by molar-refractivity contribution is 7.83. The van der Waals surface area contributed by atoms with Crippen molar-refractivity contribution in [3.05, 3.63) is 0 Å². The van der Waals surface area contributed by atoms with Gasteiger partial charge in [-0.2, -0.15) is 8.42 Å². The average molecular weight is 274 g/mol. The summed E-state index contributed by atoms with van der Waals surface area (Å²) in [5.41, 5.74) is 1.71. The van der Waals surface area contributed by atoms with Crippen LogP contribution in [0.3, 0.4) is 0 Å². The van der Waals surface area contributed by atoms with Crippen molar-refractivity contribution in [2.24, 2.45) is 0 Å². The minimum Gasteiger partial charge on any atom is -0.394 e. The van der Waals surface area contributed by atoms with Gasteiger partial charge in [0.25, 0.3) is 0 Å². The Labute approximate surface area is 96.7 Å². The molecular formula is C6H14N2O8S. The van der Waals surface area contributed by atoms with Crippen LogP contribution >= 0.6 is 0 Å². The molecule has 0 rings (SSSR count). The largest absolute Gasteiger partial charge is 0.394 e. The normalized spacial score (nSPS) is 19.4. The summed E-state index contributed by atoms with van der Waals surface area (Å²) in [5, 5.41) is 36.0. The maximum absolute atomic E-state index is 10.5. The van der Waals surface area contributed by atoms with E-state index in [0.29, 0.717) is 0 Å². The number of aliphatic hydroxyl groups is 4. The molecular weight excluding hydrogens is 260 g/mol. The topological polar surface area (TPSA) is 176 Å². The number of hydrazine groups is 1. The van der Waals surface area contributed by atoms with E-state index in [1.165, 1.54) is 4.83 Å². The fourth-order valence-corrected chi connectivity index (χ4v) is 1.18. The van der Waals surface area contributed by atoms with Crippen molar-refractivity contribution in [3.8, 4) is 0 Å². The Morgan fingerprint density at radius 1 is 1.18 bits per heavy atom. The molecule has 11 heteroatoms. The van der Waals surface area contributed by atoms with E-state index in [9.17, 15) is 23.4 Å². The maximum Gasteiger partial charge on any atom is 0.346 e. The number of aldehydes is 1. The molecule has 0 bridgehead atoms. The molecule has 0 aliphatic rings. The lowest BCUT2D eigenvalue weighted by molar-refractivity contribution is -0.120. The van der Waals surface area contributed by atoms with E-state index in [-0.39, 0.29) is 6.29 Å². The second kappa shape index (κ2) is 6.93. The van der Waals surface area contributed by atoms with E-state index in [1.807, 2.05) is 0 Å². The summed E-state index contributed by atoms with van der Waals surface area (Å²) in [4.78, 5) is 11.8.